The number of rotatable bonds is 7. The molecule has 3 N–H and O–H groups in total. The molecule has 3 aromatic rings. The number of carbonyl (C=O) groups is 1. The third-order valence-corrected chi connectivity index (χ3v) is 6.16. The maximum absolute atomic E-state index is 13.5. The molecule has 0 aromatic heterocycles. The minimum atomic E-state index is -0.346. The number of benzene rings is 3. The van der Waals surface area contributed by atoms with Crippen LogP contribution in [-0.4, -0.2) is 36.3 Å². The van der Waals surface area contributed by atoms with E-state index < -0.39 is 0 Å². The van der Waals surface area contributed by atoms with Crippen LogP contribution in [0.2, 0.25) is 0 Å². The molecule has 0 bridgehead atoms. The lowest BCUT2D eigenvalue weighted by Crippen LogP contribution is -2.30. The van der Waals surface area contributed by atoms with Gasteiger partial charge in [-0.2, -0.15) is 0 Å². The summed E-state index contributed by atoms with van der Waals surface area (Å²) in [4.78, 5) is 15.1. The average molecular weight is 447 g/mol. The Hall–Kier alpha value is -3.51. The Morgan fingerprint density at radius 2 is 1.73 bits per heavy atom. The van der Waals surface area contributed by atoms with Crippen molar-refractivity contribution < 1.29 is 19.7 Å². The van der Waals surface area contributed by atoms with Gasteiger partial charge in [0.1, 0.15) is 17.2 Å². The lowest BCUT2D eigenvalue weighted by atomic mass is 9.90. The van der Waals surface area contributed by atoms with Crippen molar-refractivity contribution in [1.29, 1.82) is 0 Å². The first-order valence-electron chi connectivity index (χ1n) is 11.3. The topological polar surface area (TPSA) is 82.0 Å². The number of ether oxygens (including phenoxy) is 1. The molecule has 0 saturated carbocycles. The van der Waals surface area contributed by atoms with Gasteiger partial charge in [-0.15, -0.1) is 0 Å². The quantitative estimate of drug-likeness (QED) is 0.498. The maximum Gasteiger partial charge on any atom is 0.262 e. The van der Waals surface area contributed by atoms with Crippen molar-refractivity contribution in [2.75, 3.05) is 25.1 Å². The predicted octanol–water partition coefficient (Wildman–Crippen LogP) is 4.50. The Labute approximate surface area is 194 Å². The number of anilines is 1. The Morgan fingerprint density at radius 1 is 1.00 bits per heavy atom. The smallest absolute Gasteiger partial charge is 0.262 e. The minimum Gasteiger partial charge on any atom is -0.508 e. The lowest BCUT2D eigenvalue weighted by Gasteiger charge is -2.25. The maximum atomic E-state index is 13.5. The highest BCUT2D eigenvalue weighted by molar-refractivity contribution is 6.07. The molecule has 6 nitrogen and oxygen atoms in total. The summed E-state index contributed by atoms with van der Waals surface area (Å²) in [6.07, 6.45) is 3.40. The number of phenolic OH excluding ortho intramolecular Hbond substituents is 2. The number of methoxy groups -OCH3 is 1. The van der Waals surface area contributed by atoms with Gasteiger partial charge in [-0.25, -0.2) is 0 Å². The number of carbonyl (C=O) groups excluding carboxylic acids is 1. The van der Waals surface area contributed by atoms with Crippen LogP contribution in [0.15, 0.2) is 66.7 Å². The second-order valence-electron chi connectivity index (χ2n) is 8.51. The Kier molecular flexibility index (Phi) is 7.15. The van der Waals surface area contributed by atoms with Crippen LogP contribution in [0.25, 0.3) is 0 Å². The molecular weight excluding hydrogens is 416 g/mol. The fraction of sp³-hybridized carbons (Fsp3) is 0.296. The van der Waals surface area contributed by atoms with Crippen molar-refractivity contribution in [2.45, 2.75) is 25.8 Å². The van der Waals surface area contributed by atoms with E-state index in [-0.39, 0.29) is 23.0 Å². The molecule has 0 radical (unpaired) electrons. The van der Waals surface area contributed by atoms with Crippen molar-refractivity contribution in [3.8, 4) is 17.2 Å². The lowest BCUT2D eigenvalue weighted by molar-refractivity contribution is 0.0982. The highest BCUT2D eigenvalue weighted by Gasteiger charge is 2.22. The van der Waals surface area contributed by atoms with Gasteiger partial charge in [0, 0.05) is 11.8 Å². The number of hydrogen-bond donors (Lipinski definition) is 3. The largest absolute Gasteiger partial charge is 0.508 e. The Balaban J connectivity index is 1.62. The number of hydrogen-bond acceptors (Lipinski definition) is 5. The first kappa shape index (κ1) is 22.7. The molecule has 1 aliphatic heterocycles. The fourth-order valence-corrected chi connectivity index (χ4v) is 4.35. The Bertz CT molecular complexity index is 1090. The first-order valence-corrected chi connectivity index (χ1v) is 11.3. The second kappa shape index (κ2) is 10.4. The van der Waals surface area contributed by atoms with E-state index in [0.29, 0.717) is 23.9 Å². The van der Waals surface area contributed by atoms with E-state index >= 15 is 0 Å². The second-order valence-corrected chi connectivity index (χ2v) is 8.51. The molecule has 1 amide bonds. The van der Waals surface area contributed by atoms with Gasteiger partial charge in [-0.05, 0) is 85.8 Å². The predicted molar refractivity (Wildman–Crippen MR) is 129 cm³/mol. The molecule has 4 rings (SSSR count). The molecule has 3 aromatic carbocycles. The zero-order chi connectivity index (χ0) is 23.2. The molecule has 1 heterocycles. The van der Waals surface area contributed by atoms with Gasteiger partial charge in [0.15, 0.2) is 0 Å². The van der Waals surface area contributed by atoms with E-state index in [4.69, 9.17) is 4.74 Å². The molecule has 0 atom stereocenters. The van der Waals surface area contributed by atoms with E-state index in [9.17, 15) is 15.0 Å². The van der Waals surface area contributed by atoms with Gasteiger partial charge in [0.2, 0.25) is 0 Å². The number of nitrogens with zero attached hydrogens (tertiary/aromatic N) is 1. The summed E-state index contributed by atoms with van der Waals surface area (Å²) in [6, 6.07) is 19.7. The van der Waals surface area contributed by atoms with Gasteiger partial charge in [-0.3, -0.25) is 4.79 Å². The average Bonchev–Trinajstić information content (AvgIpc) is 2.83. The van der Waals surface area contributed by atoms with Crippen molar-refractivity contribution >= 4 is 11.6 Å². The van der Waals surface area contributed by atoms with Gasteiger partial charge in [-0.1, -0.05) is 24.3 Å². The zero-order valence-electron chi connectivity index (χ0n) is 18.8. The molecule has 0 spiro atoms. The van der Waals surface area contributed by atoms with Crippen LogP contribution < -0.4 is 15.0 Å². The number of piperidine rings is 1. The summed E-state index contributed by atoms with van der Waals surface area (Å²) >= 11 is 0. The number of amides is 1. The fourth-order valence-electron chi connectivity index (χ4n) is 4.35. The van der Waals surface area contributed by atoms with E-state index in [2.05, 4.69) is 17.4 Å². The van der Waals surface area contributed by atoms with Crippen LogP contribution in [0, 0.1) is 5.92 Å². The van der Waals surface area contributed by atoms with Crippen LogP contribution in [0.1, 0.15) is 34.3 Å². The highest BCUT2D eigenvalue weighted by atomic mass is 16.5. The van der Waals surface area contributed by atoms with E-state index in [1.807, 2.05) is 24.3 Å². The third-order valence-electron chi connectivity index (χ3n) is 6.16. The summed E-state index contributed by atoms with van der Waals surface area (Å²) in [6.45, 7) is 2.49. The molecule has 1 saturated heterocycles. The molecule has 1 aliphatic rings. The van der Waals surface area contributed by atoms with Crippen LogP contribution in [0.3, 0.4) is 0 Å². The highest BCUT2D eigenvalue weighted by Crippen LogP contribution is 2.29. The van der Waals surface area contributed by atoms with Crippen LogP contribution >= 0.6 is 0 Å². The summed E-state index contributed by atoms with van der Waals surface area (Å²) < 4.78 is 5.26. The van der Waals surface area contributed by atoms with Crippen molar-refractivity contribution in [2.24, 2.45) is 5.92 Å². The summed E-state index contributed by atoms with van der Waals surface area (Å²) in [5, 5.41) is 23.3. The zero-order valence-corrected chi connectivity index (χ0v) is 18.8. The van der Waals surface area contributed by atoms with Crippen LogP contribution in [0.4, 0.5) is 5.69 Å². The van der Waals surface area contributed by atoms with Crippen molar-refractivity contribution in [3.63, 3.8) is 0 Å². The van der Waals surface area contributed by atoms with Gasteiger partial charge >= 0.3 is 0 Å². The Morgan fingerprint density at radius 3 is 2.42 bits per heavy atom. The molecular formula is C27H30N2O4. The molecule has 33 heavy (non-hydrogen) atoms. The third kappa shape index (κ3) is 5.65. The van der Waals surface area contributed by atoms with Crippen LogP contribution in [-0.2, 0) is 13.0 Å². The molecule has 172 valence electrons. The number of nitrogens with one attached hydrogen (secondary N) is 1. The molecule has 1 fully saturated rings. The van der Waals surface area contributed by atoms with Gasteiger partial charge in [0.05, 0.1) is 19.2 Å². The minimum absolute atomic E-state index is 0.0920. The first-order chi connectivity index (χ1) is 16.0. The van der Waals surface area contributed by atoms with E-state index in [0.717, 1.165) is 25.1 Å². The van der Waals surface area contributed by atoms with E-state index in [1.54, 1.807) is 24.1 Å². The monoisotopic (exact) mass is 446 g/mol. The SMILES string of the molecule is COc1ccc(N(Cc2cccc(CC3CCNCC3)c2)C(=O)c2ccc(O)cc2O)cc1. The molecule has 0 unspecified atom stereocenters. The molecule has 0 aliphatic carbocycles. The van der Waals surface area contributed by atoms with Gasteiger partial charge < -0.3 is 25.2 Å². The standard InChI is InChI=1S/C27H30N2O4/c1-33-24-8-5-22(6-9-24)29(27(32)25-10-7-23(30)17-26(25)31)18-21-4-2-3-20(16-21)15-19-11-13-28-14-12-19/h2-10,16-17,19,28,30-31H,11-15,18H2,1H3. The summed E-state index contributed by atoms with van der Waals surface area (Å²) in [7, 11) is 1.60. The van der Waals surface area contributed by atoms with Crippen molar-refractivity contribution in [1.82, 2.24) is 5.32 Å². The summed E-state index contributed by atoms with van der Waals surface area (Å²) in [5.74, 6) is 0.683. The van der Waals surface area contributed by atoms with Gasteiger partial charge in [0.25, 0.3) is 5.91 Å². The van der Waals surface area contributed by atoms with Crippen molar-refractivity contribution in [3.05, 3.63) is 83.4 Å². The number of aromatic hydroxyl groups is 2. The van der Waals surface area contributed by atoms with E-state index in [1.165, 1.54) is 36.6 Å². The normalized spacial score (nSPS) is 14.1. The molecule has 6 heteroatoms. The van der Waals surface area contributed by atoms with Crippen LogP contribution in [0.5, 0.6) is 17.2 Å². The number of phenols is 2. The summed E-state index contributed by atoms with van der Waals surface area (Å²) in [5.41, 5.74) is 3.12.